The van der Waals surface area contributed by atoms with Gasteiger partial charge in [-0.1, -0.05) is 0 Å². The number of carbonyl (C=O) groups is 1. The maximum absolute atomic E-state index is 12.5. The van der Waals surface area contributed by atoms with Crippen molar-refractivity contribution in [2.75, 3.05) is 26.7 Å². The van der Waals surface area contributed by atoms with Crippen molar-refractivity contribution in [3.63, 3.8) is 0 Å². The Labute approximate surface area is 153 Å². The van der Waals surface area contributed by atoms with E-state index in [4.69, 9.17) is 9.47 Å². The third-order valence-corrected chi connectivity index (χ3v) is 5.38. The van der Waals surface area contributed by atoms with E-state index in [9.17, 15) is 4.79 Å². The van der Waals surface area contributed by atoms with Crippen LogP contribution in [0.2, 0.25) is 0 Å². The molecule has 1 N–H and O–H groups in total. The summed E-state index contributed by atoms with van der Waals surface area (Å²) < 4.78 is 10.9. The van der Waals surface area contributed by atoms with Gasteiger partial charge in [0.2, 0.25) is 0 Å². The first-order valence-corrected chi connectivity index (χ1v) is 9.16. The Bertz CT molecular complexity index is 750. The molecule has 1 atom stereocenters. The summed E-state index contributed by atoms with van der Waals surface area (Å²) in [5, 5.41) is 3.21. The molecule has 3 aliphatic rings. The molecule has 0 saturated carbocycles. The fourth-order valence-electron chi connectivity index (χ4n) is 3.83. The molecule has 0 aliphatic carbocycles. The summed E-state index contributed by atoms with van der Waals surface area (Å²) in [4.78, 5) is 15.0. The zero-order valence-electron chi connectivity index (χ0n) is 15.0. The summed E-state index contributed by atoms with van der Waals surface area (Å²) in [6.07, 6.45) is 2.39. The predicted molar refractivity (Wildman–Crippen MR) is 99.9 cm³/mol. The summed E-state index contributed by atoms with van der Waals surface area (Å²) in [7, 11) is 1.63. The Kier molecular flexibility index (Phi) is 4.80. The van der Waals surface area contributed by atoms with Crippen LogP contribution in [0.5, 0.6) is 17.2 Å². The minimum Gasteiger partial charge on any atom is -0.497 e. The molecule has 5 rings (SSSR count). The van der Waals surface area contributed by atoms with Crippen molar-refractivity contribution >= 4 is 5.91 Å². The lowest BCUT2D eigenvalue weighted by Gasteiger charge is -2.44. The van der Waals surface area contributed by atoms with Crippen molar-refractivity contribution in [3.8, 4) is 17.2 Å². The van der Waals surface area contributed by atoms with Gasteiger partial charge in [0.15, 0.2) is 0 Å². The quantitative estimate of drug-likeness (QED) is 0.897. The molecule has 5 nitrogen and oxygen atoms in total. The molecule has 3 heterocycles. The Morgan fingerprint density at radius 3 is 2.08 bits per heavy atom. The number of piperidine rings is 3. The number of nitrogens with one attached hydrogen (secondary N) is 1. The molecular formula is C21H24N2O3. The van der Waals surface area contributed by atoms with E-state index < -0.39 is 0 Å². The van der Waals surface area contributed by atoms with Crippen LogP contribution in [0.3, 0.4) is 0 Å². The molecule has 3 aliphatic heterocycles. The highest BCUT2D eigenvalue weighted by molar-refractivity contribution is 5.94. The van der Waals surface area contributed by atoms with E-state index >= 15 is 0 Å². The van der Waals surface area contributed by atoms with Crippen molar-refractivity contribution < 1.29 is 14.3 Å². The molecule has 0 aromatic heterocycles. The van der Waals surface area contributed by atoms with Crippen LogP contribution < -0.4 is 14.8 Å². The van der Waals surface area contributed by atoms with Gasteiger partial charge in [-0.05, 0) is 80.4 Å². The maximum atomic E-state index is 12.5. The van der Waals surface area contributed by atoms with Crippen molar-refractivity contribution in [1.29, 1.82) is 0 Å². The third kappa shape index (κ3) is 3.68. The molecule has 26 heavy (non-hydrogen) atoms. The molecular weight excluding hydrogens is 328 g/mol. The Balaban J connectivity index is 1.36. The van der Waals surface area contributed by atoms with Crippen LogP contribution in [0.25, 0.3) is 0 Å². The largest absolute Gasteiger partial charge is 0.497 e. The first kappa shape index (κ1) is 16.9. The van der Waals surface area contributed by atoms with Crippen LogP contribution in [0.4, 0.5) is 0 Å². The fraction of sp³-hybridized carbons (Fsp3) is 0.381. The van der Waals surface area contributed by atoms with Gasteiger partial charge in [-0.3, -0.25) is 4.79 Å². The fourth-order valence-corrected chi connectivity index (χ4v) is 3.83. The Morgan fingerprint density at radius 1 is 0.962 bits per heavy atom. The van der Waals surface area contributed by atoms with Gasteiger partial charge in [-0.2, -0.15) is 0 Å². The van der Waals surface area contributed by atoms with Gasteiger partial charge in [0.25, 0.3) is 5.91 Å². The average molecular weight is 352 g/mol. The summed E-state index contributed by atoms with van der Waals surface area (Å²) in [5.74, 6) is 2.85. The molecule has 136 valence electrons. The van der Waals surface area contributed by atoms with Gasteiger partial charge in [0, 0.05) is 18.2 Å². The Hall–Kier alpha value is -2.53. The highest BCUT2D eigenvalue weighted by atomic mass is 16.5. The number of rotatable bonds is 5. The molecule has 3 fully saturated rings. The number of methoxy groups -OCH3 is 1. The van der Waals surface area contributed by atoms with Gasteiger partial charge in [0.05, 0.1) is 7.11 Å². The van der Waals surface area contributed by atoms with E-state index in [0.717, 1.165) is 18.0 Å². The summed E-state index contributed by atoms with van der Waals surface area (Å²) >= 11 is 0. The molecule has 2 bridgehead atoms. The van der Waals surface area contributed by atoms with Crippen LogP contribution in [-0.4, -0.2) is 43.6 Å². The predicted octanol–water partition coefficient (Wildman–Crippen LogP) is 3.31. The summed E-state index contributed by atoms with van der Waals surface area (Å²) in [6, 6.07) is 15.0. The second-order valence-corrected chi connectivity index (χ2v) is 7.02. The van der Waals surface area contributed by atoms with Crippen LogP contribution >= 0.6 is 0 Å². The topological polar surface area (TPSA) is 50.8 Å². The molecule has 0 radical (unpaired) electrons. The minimum absolute atomic E-state index is 0.000234. The van der Waals surface area contributed by atoms with Gasteiger partial charge in [-0.15, -0.1) is 0 Å². The number of ether oxygens (including phenoxy) is 2. The highest BCUT2D eigenvalue weighted by Crippen LogP contribution is 2.28. The monoisotopic (exact) mass is 352 g/mol. The second-order valence-electron chi connectivity index (χ2n) is 7.02. The number of nitrogens with zero attached hydrogens (tertiary/aromatic N) is 1. The first-order chi connectivity index (χ1) is 12.7. The minimum atomic E-state index is -0.000234. The van der Waals surface area contributed by atoms with Crippen LogP contribution in [-0.2, 0) is 0 Å². The molecule has 0 spiro atoms. The summed E-state index contributed by atoms with van der Waals surface area (Å²) in [5.41, 5.74) is 0.670. The van der Waals surface area contributed by atoms with Crippen LogP contribution in [0.15, 0.2) is 48.5 Å². The first-order valence-electron chi connectivity index (χ1n) is 9.16. The lowest BCUT2D eigenvalue weighted by atomic mass is 9.84. The second kappa shape index (κ2) is 7.38. The molecule has 3 saturated heterocycles. The molecule has 0 unspecified atom stereocenters. The zero-order chi connectivity index (χ0) is 17.9. The summed E-state index contributed by atoms with van der Waals surface area (Å²) in [6.45, 7) is 3.33. The lowest BCUT2D eigenvalue weighted by molar-refractivity contribution is 0.0620. The standard InChI is InChI=1S/C21H24N2O3/c1-25-17-6-8-19(9-7-17)26-18-4-2-16(3-5-18)21(24)22-20-14-23-12-10-15(20)11-13-23/h2-9,15,20H,10-14H2,1H3,(H,22,24)/t20-/m0/s1. The molecule has 5 heteroatoms. The number of carbonyl (C=O) groups excluding carboxylic acids is 1. The van der Waals surface area contributed by atoms with E-state index in [0.29, 0.717) is 17.2 Å². The van der Waals surface area contributed by atoms with Gasteiger partial charge < -0.3 is 19.7 Å². The molecule has 2 aromatic rings. The van der Waals surface area contributed by atoms with E-state index in [1.54, 1.807) is 7.11 Å². The number of hydrogen-bond acceptors (Lipinski definition) is 4. The number of amides is 1. The van der Waals surface area contributed by atoms with E-state index in [1.807, 2.05) is 48.5 Å². The van der Waals surface area contributed by atoms with Gasteiger partial charge in [-0.25, -0.2) is 0 Å². The molecule has 1 amide bonds. The van der Waals surface area contributed by atoms with E-state index in [2.05, 4.69) is 10.2 Å². The van der Waals surface area contributed by atoms with Gasteiger partial charge >= 0.3 is 0 Å². The van der Waals surface area contributed by atoms with Gasteiger partial charge in [0.1, 0.15) is 17.2 Å². The van der Waals surface area contributed by atoms with E-state index in [1.165, 1.54) is 25.9 Å². The highest BCUT2D eigenvalue weighted by Gasteiger charge is 2.34. The third-order valence-electron chi connectivity index (χ3n) is 5.38. The normalized spacial score (nSPS) is 24.1. The zero-order valence-corrected chi connectivity index (χ0v) is 15.0. The van der Waals surface area contributed by atoms with Crippen molar-refractivity contribution in [3.05, 3.63) is 54.1 Å². The van der Waals surface area contributed by atoms with Crippen molar-refractivity contribution in [2.45, 2.75) is 18.9 Å². The van der Waals surface area contributed by atoms with Crippen LogP contribution in [0, 0.1) is 5.92 Å². The number of benzene rings is 2. The van der Waals surface area contributed by atoms with Crippen molar-refractivity contribution in [2.24, 2.45) is 5.92 Å². The maximum Gasteiger partial charge on any atom is 0.251 e. The number of hydrogen-bond donors (Lipinski definition) is 1. The van der Waals surface area contributed by atoms with Crippen molar-refractivity contribution in [1.82, 2.24) is 10.2 Å². The van der Waals surface area contributed by atoms with E-state index in [-0.39, 0.29) is 11.9 Å². The smallest absolute Gasteiger partial charge is 0.251 e. The van der Waals surface area contributed by atoms with Crippen LogP contribution in [0.1, 0.15) is 23.2 Å². The average Bonchev–Trinajstić information content (AvgIpc) is 2.70. The SMILES string of the molecule is COc1ccc(Oc2ccc(C(=O)N[C@H]3CN4CCC3CC4)cc2)cc1. The number of fused-ring (bicyclic) bond motifs is 3. The Morgan fingerprint density at radius 2 is 1.54 bits per heavy atom. The lowest BCUT2D eigenvalue weighted by Crippen LogP contribution is -2.57. The molecule has 2 aromatic carbocycles.